The Hall–Kier alpha value is -4.79. The maximum absolute atomic E-state index is 12.5. The van der Waals surface area contributed by atoms with E-state index in [1.807, 2.05) is 24.3 Å². The third-order valence-electron chi connectivity index (χ3n) is 6.07. The first-order valence-corrected chi connectivity index (χ1v) is 12.1. The van der Waals surface area contributed by atoms with Gasteiger partial charge in [0.05, 0.1) is 5.69 Å². The van der Waals surface area contributed by atoms with E-state index in [-0.39, 0.29) is 17.7 Å². The molecular formula is C29H30N4O5. The van der Waals surface area contributed by atoms with Crippen LogP contribution in [0.3, 0.4) is 0 Å². The Bertz CT molecular complexity index is 1260. The number of imide groups is 1. The van der Waals surface area contributed by atoms with Gasteiger partial charge in [-0.2, -0.15) is 0 Å². The standard InChI is InChI=1S/C29H30N4O5/c1-21(36)32(2)26-11-3-22(4-12-26)15-17-30-28(37)24-7-9-25(10-8-24)29(38)31-18-16-23-5-13-27(14-6-23)33(19-34)20-35/h3-14,19-20H,15-18H2,1-2H3,(H,30,37)(H,31,38). The topological polar surface area (TPSA) is 116 Å². The van der Waals surface area contributed by atoms with E-state index in [9.17, 15) is 24.0 Å². The number of nitrogens with zero attached hydrogens (tertiary/aromatic N) is 2. The van der Waals surface area contributed by atoms with E-state index in [1.54, 1.807) is 60.5 Å². The second-order valence-electron chi connectivity index (χ2n) is 8.62. The predicted molar refractivity (Wildman–Crippen MR) is 145 cm³/mol. The van der Waals surface area contributed by atoms with E-state index in [2.05, 4.69) is 10.6 Å². The summed E-state index contributed by atoms with van der Waals surface area (Å²) in [4.78, 5) is 60.5. The van der Waals surface area contributed by atoms with Gasteiger partial charge in [0.1, 0.15) is 0 Å². The second-order valence-corrected chi connectivity index (χ2v) is 8.62. The van der Waals surface area contributed by atoms with Gasteiger partial charge in [0, 0.05) is 43.9 Å². The first-order valence-electron chi connectivity index (χ1n) is 12.1. The molecular weight excluding hydrogens is 484 g/mol. The lowest BCUT2D eigenvalue weighted by Crippen LogP contribution is -2.27. The number of rotatable bonds is 12. The van der Waals surface area contributed by atoms with Crippen molar-refractivity contribution in [3.8, 4) is 0 Å². The molecule has 5 amide bonds. The molecule has 0 spiro atoms. The molecule has 0 saturated heterocycles. The average molecular weight is 515 g/mol. The van der Waals surface area contributed by atoms with Gasteiger partial charge in [-0.05, 0) is 72.5 Å². The van der Waals surface area contributed by atoms with Gasteiger partial charge in [-0.15, -0.1) is 0 Å². The molecule has 0 saturated carbocycles. The minimum atomic E-state index is -0.250. The summed E-state index contributed by atoms with van der Waals surface area (Å²) in [6.07, 6.45) is 2.10. The quantitative estimate of drug-likeness (QED) is 0.361. The highest BCUT2D eigenvalue weighted by atomic mass is 16.2. The lowest BCUT2D eigenvalue weighted by atomic mass is 10.1. The van der Waals surface area contributed by atoms with Crippen LogP contribution in [0.25, 0.3) is 0 Å². The number of amides is 5. The summed E-state index contributed by atoms with van der Waals surface area (Å²) in [7, 11) is 1.72. The van der Waals surface area contributed by atoms with Crippen LogP contribution in [-0.2, 0) is 27.2 Å². The zero-order valence-electron chi connectivity index (χ0n) is 21.3. The second kappa shape index (κ2) is 13.5. The summed E-state index contributed by atoms with van der Waals surface area (Å²) in [5.74, 6) is -0.516. The van der Waals surface area contributed by atoms with Crippen molar-refractivity contribution >= 4 is 41.9 Å². The number of nitrogens with one attached hydrogen (secondary N) is 2. The Morgan fingerprint density at radius 3 is 1.42 bits per heavy atom. The van der Waals surface area contributed by atoms with Crippen LogP contribution in [0.4, 0.5) is 11.4 Å². The fourth-order valence-corrected chi connectivity index (χ4v) is 3.67. The van der Waals surface area contributed by atoms with E-state index in [0.717, 1.165) is 21.7 Å². The molecule has 3 aromatic rings. The highest BCUT2D eigenvalue weighted by Crippen LogP contribution is 2.15. The molecule has 0 bridgehead atoms. The Morgan fingerprint density at radius 2 is 1.05 bits per heavy atom. The summed E-state index contributed by atoms with van der Waals surface area (Å²) in [5.41, 5.74) is 4.17. The molecule has 0 fully saturated rings. The number of benzene rings is 3. The van der Waals surface area contributed by atoms with Crippen molar-refractivity contribution in [2.45, 2.75) is 19.8 Å². The molecule has 0 aliphatic carbocycles. The van der Waals surface area contributed by atoms with Crippen molar-refractivity contribution in [2.24, 2.45) is 0 Å². The number of hydrogen-bond donors (Lipinski definition) is 2. The van der Waals surface area contributed by atoms with Crippen LogP contribution in [0.1, 0.15) is 38.8 Å². The number of hydrogen-bond acceptors (Lipinski definition) is 5. The van der Waals surface area contributed by atoms with E-state index < -0.39 is 0 Å². The summed E-state index contributed by atoms with van der Waals surface area (Å²) >= 11 is 0. The Balaban J connectivity index is 1.42. The summed E-state index contributed by atoms with van der Waals surface area (Å²) in [6, 6.07) is 20.9. The van der Waals surface area contributed by atoms with Gasteiger partial charge in [0.15, 0.2) is 0 Å². The monoisotopic (exact) mass is 514 g/mol. The van der Waals surface area contributed by atoms with Crippen LogP contribution in [0.15, 0.2) is 72.8 Å². The van der Waals surface area contributed by atoms with Gasteiger partial charge < -0.3 is 15.5 Å². The van der Waals surface area contributed by atoms with E-state index >= 15 is 0 Å². The lowest BCUT2D eigenvalue weighted by Gasteiger charge is -2.15. The third kappa shape index (κ3) is 7.60. The molecule has 38 heavy (non-hydrogen) atoms. The molecule has 2 N–H and O–H groups in total. The van der Waals surface area contributed by atoms with Gasteiger partial charge in [-0.1, -0.05) is 24.3 Å². The van der Waals surface area contributed by atoms with Crippen molar-refractivity contribution in [3.63, 3.8) is 0 Å². The minimum absolute atomic E-state index is 0.0407. The smallest absolute Gasteiger partial charge is 0.251 e. The highest BCUT2D eigenvalue weighted by Gasteiger charge is 2.10. The predicted octanol–water partition coefficient (Wildman–Crippen LogP) is 2.73. The van der Waals surface area contributed by atoms with E-state index in [0.29, 0.717) is 55.6 Å². The van der Waals surface area contributed by atoms with Crippen molar-refractivity contribution in [1.82, 2.24) is 10.6 Å². The lowest BCUT2D eigenvalue weighted by molar-refractivity contribution is -0.116. The Labute approximate surface area is 221 Å². The first kappa shape index (κ1) is 27.8. The maximum Gasteiger partial charge on any atom is 0.251 e. The summed E-state index contributed by atoms with van der Waals surface area (Å²) in [5, 5.41) is 5.72. The average Bonchev–Trinajstić information content (AvgIpc) is 2.94. The van der Waals surface area contributed by atoms with Crippen LogP contribution in [0.2, 0.25) is 0 Å². The Kier molecular flexibility index (Phi) is 9.87. The molecule has 3 rings (SSSR count). The third-order valence-corrected chi connectivity index (χ3v) is 6.07. The largest absolute Gasteiger partial charge is 0.352 e. The van der Waals surface area contributed by atoms with Crippen LogP contribution in [0, 0.1) is 0 Å². The molecule has 196 valence electrons. The van der Waals surface area contributed by atoms with Gasteiger partial charge in [0.25, 0.3) is 11.8 Å². The zero-order chi connectivity index (χ0) is 27.5. The van der Waals surface area contributed by atoms with Gasteiger partial charge in [-0.3, -0.25) is 28.9 Å². The maximum atomic E-state index is 12.5. The van der Waals surface area contributed by atoms with Crippen molar-refractivity contribution < 1.29 is 24.0 Å². The van der Waals surface area contributed by atoms with Gasteiger partial charge in [0.2, 0.25) is 18.7 Å². The normalized spacial score (nSPS) is 10.3. The van der Waals surface area contributed by atoms with Gasteiger partial charge in [-0.25, -0.2) is 0 Å². The van der Waals surface area contributed by atoms with Crippen LogP contribution in [0.5, 0.6) is 0 Å². The van der Waals surface area contributed by atoms with Crippen LogP contribution >= 0.6 is 0 Å². The number of carbonyl (C=O) groups excluding carboxylic acids is 5. The molecule has 0 heterocycles. The SMILES string of the molecule is CC(=O)N(C)c1ccc(CCNC(=O)c2ccc(C(=O)NCCc3ccc(N(C=O)C=O)cc3)cc2)cc1. The molecule has 9 nitrogen and oxygen atoms in total. The highest BCUT2D eigenvalue weighted by molar-refractivity contribution is 5.98. The number of anilines is 2. The van der Waals surface area contributed by atoms with Crippen LogP contribution < -0.4 is 20.4 Å². The minimum Gasteiger partial charge on any atom is -0.352 e. The fraction of sp³-hybridized carbons (Fsp3) is 0.207. The van der Waals surface area contributed by atoms with Crippen molar-refractivity contribution in [2.75, 3.05) is 29.9 Å². The zero-order valence-corrected chi connectivity index (χ0v) is 21.3. The summed E-state index contributed by atoms with van der Waals surface area (Å²) < 4.78 is 0. The molecule has 0 aliphatic rings. The fourth-order valence-electron chi connectivity index (χ4n) is 3.67. The van der Waals surface area contributed by atoms with E-state index in [1.165, 1.54) is 6.92 Å². The molecule has 0 aromatic heterocycles. The van der Waals surface area contributed by atoms with Gasteiger partial charge >= 0.3 is 0 Å². The molecule has 0 aliphatic heterocycles. The molecule has 9 heteroatoms. The van der Waals surface area contributed by atoms with Crippen molar-refractivity contribution in [3.05, 3.63) is 95.1 Å². The molecule has 0 radical (unpaired) electrons. The van der Waals surface area contributed by atoms with E-state index in [4.69, 9.17) is 0 Å². The molecule has 0 atom stereocenters. The molecule has 3 aromatic carbocycles. The Morgan fingerprint density at radius 1 is 0.658 bits per heavy atom. The van der Waals surface area contributed by atoms with Crippen molar-refractivity contribution in [1.29, 1.82) is 0 Å². The first-order chi connectivity index (χ1) is 18.3. The molecule has 0 unspecified atom stereocenters. The van der Waals surface area contributed by atoms with Crippen LogP contribution in [-0.4, -0.2) is 50.7 Å². The number of carbonyl (C=O) groups is 5. The summed E-state index contributed by atoms with van der Waals surface area (Å²) in [6.45, 7) is 2.36.